The molecule has 0 saturated carbocycles. The Balaban J connectivity index is 0. The highest BCUT2D eigenvalue weighted by molar-refractivity contribution is 5.59. The van der Waals surface area contributed by atoms with Crippen molar-refractivity contribution in [3.8, 4) is 0 Å². The molecule has 0 saturated heterocycles. The number of carbonyl (C=O) groups excluding carboxylic acids is 1. The van der Waals surface area contributed by atoms with Crippen LogP contribution in [0.2, 0.25) is 0 Å². The second kappa shape index (κ2) is 29.3. The molecule has 31 heavy (non-hydrogen) atoms. The van der Waals surface area contributed by atoms with E-state index in [1.165, 1.54) is 116 Å². The van der Waals surface area contributed by atoms with Crippen LogP contribution in [-0.2, 0) is 9.47 Å². The lowest BCUT2D eigenvalue weighted by Gasteiger charge is -2.07. The number of carbonyl (C=O) groups is 1. The first-order valence-electron chi connectivity index (χ1n) is 13.6. The zero-order valence-electron chi connectivity index (χ0n) is 20.7. The smallest absolute Gasteiger partial charge is 0.434 e. The monoisotopic (exact) mass is 442 g/mol. The van der Waals surface area contributed by atoms with Gasteiger partial charge in [0.2, 0.25) is 0 Å². The topological polar surface area (TPSA) is 35.5 Å². The van der Waals surface area contributed by atoms with E-state index >= 15 is 0 Å². The summed E-state index contributed by atoms with van der Waals surface area (Å²) in [6.07, 6.45) is 28.2. The van der Waals surface area contributed by atoms with E-state index in [9.17, 15) is 4.79 Å². The first-order chi connectivity index (χ1) is 14.8. The van der Waals surface area contributed by atoms with Crippen LogP contribution >= 0.6 is 0 Å². The van der Waals surface area contributed by atoms with Crippen molar-refractivity contribution in [3.63, 3.8) is 0 Å². The Morgan fingerprint density at radius 2 is 0.645 bits per heavy atom. The molecule has 0 N–H and O–H groups in total. The van der Waals surface area contributed by atoms with Crippen molar-refractivity contribution in [2.45, 2.75) is 163 Å². The zero-order valence-corrected chi connectivity index (χ0v) is 20.7. The summed E-state index contributed by atoms with van der Waals surface area (Å²) in [5.74, 6) is 0. The van der Waals surface area contributed by atoms with Gasteiger partial charge in [0.25, 0.3) is 0 Å². The average molecular weight is 443 g/mol. The average Bonchev–Trinajstić information content (AvgIpc) is 2.75. The summed E-state index contributed by atoms with van der Waals surface area (Å²) in [7, 11) is 0. The lowest BCUT2D eigenvalue weighted by Crippen LogP contribution is -2.09. The molecule has 0 atom stereocenters. The highest BCUT2D eigenvalue weighted by Gasteiger charge is 2.03. The third-order valence-electron chi connectivity index (χ3n) is 5.94. The summed E-state index contributed by atoms with van der Waals surface area (Å²) in [4.78, 5) is 11.6. The molecule has 0 rings (SSSR count). The van der Waals surface area contributed by atoms with Crippen molar-refractivity contribution >= 4 is 6.16 Å². The summed E-state index contributed by atoms with van der Waals surface area (Å²) in [6, 6.07) is 0. The Labute approximate surface area is 196 Å². The van der Waals surface area contributed by atoms with Crippen LogP contribution in [0.4, 0.5) is 4.79 Å². The van der Waals surface area contributed by atoms with Gasteiger partial charge in [-0.2, -0.15) is 0 Å². The van der Waals surface area contributed by atoms with Crippen molar-refractivity contribution in [1.82, 2.24) is 0 Å². The van der Waals surface area contributed by atoms with Crippen molar-refractivity contribution in [2.75, 3.05) is 13.2 Å². The number of unbranched alkanes of at least 4 members (excludes halogenated alkanes) is 20. The highest BCUT2D eigenvalue weighted by atomic mass is 16.7. The lowest BCUT2D eigenvalue weighted by molar-refractivity contribution is 0.0529. The molecule has 0 spiro atoms. The van der Waals surface area contributed by atoms with E-state index in [1.807, 2.05) is 0 Å². The van der Waals surface area contributed by atoms with E-state index < -0.39 is 6.16 Å². The first-order valence-corrected chi connectivity index (χ1v) is 13.6. The van der Waals surface area contributed by atoms with Gasteiger partial charge in [0, 0.05) is 0 Å². The summed E-state index contributed by atoms with van der Waals surface area (Å²) < 4.78 is 10.3. The van der Waals surface area contributed by atoms with Crippen molar-refractivity contribution < 1.29 is 14.3 Å². The minimum Gasteiger partial charge on any atom is -0.434 e. The molecular weight excluding hydrogens is 384 g/mol. The van der Waals surface area contributed by atoms with Crippen LogP contribution in [-0.4, -0.2) is 19.4 Å². The molecule has 0 heterocycles. The van der Waals surface area contributed by atoms with E-state index in [0.29, 0.717) is 13.2 Å². The SMILES string of the molecule is C.CCCCCCCCCCCCCOC(=O)OCCCCCCCCCCCCC. The van der Waals surface area contributed by atoms with Crippen molar-refractivity contribution in [3.05, 3.63) is 0 Å². The Morgan fingerprint density at radius 1 is 0.419 bits per heavy atom. The quantitative estimate of drug-likeness (QED) is 0.110. The summed E-state index contributed by atoms with van der Waals surface area (Å²) in [5.41, 5.74) is 0. The molecular formula is C28H58O3. The predicted octanol–water partition coefficient (Wildman–Crippen LogP) is 10.4. The van der Waals surface area contributed by atoms with Gasteiger partial charge in [0.1, 0.15) is 0 Å². The van der Waals surface area contributed by atoms with Gasteiger partial charge in [-0.15, -0.1) is 0 Å². The van der Waals surface area contributed by atoms with E-state index in [-0.39, 0.29) is 7.43 Å². The van der Waals surface area contributed by atoms with Crippen LogP contribution in [0.5, 0.6) is 0 Å². The first kappa shape index (κ1) is 32.4. The van der Waals surface area contributed by atoms with Crippen LogP contribution in [0.25, 0.3) is 0 Å². The third kappa shape index (κ3) is 29.3. The molecule has 0 unspecified atom stereocenters. The summed E-state index contributed by atoms with van der Waals surface area (Å²) in [6.45, 7) is 5.55. The van der Waals surface area contributed by atoms with Crippen LogP contribution in [0.15, 0.2) is 0 Å². The molecule has 0 aromatic carbocycles. The number of rotatable bonds is 24. The van der Waals surface area contributed by atoms with Gasteiger partial charge in [-0.3, -0.25) is 0 Å². The molecule has 0 fully saturated rings. The maximum Gasteiger partial charge on any atom is 0.508 e. The van der Waals surface area contributed by atoms with Crippen molar-refractivity contribution in [1.29, 1.82) is 0 Å². The second-order valence-corrected chi connectivity index (χ2v) is 9.02. The molecule has 188 valence electrons. The van der Waals surface area contributed by atoms with Gasteiger partial charge in [-0.1, -0.05) is 150 Å². The normalized spacial score (nSPS) is 10.6. The largest absolute Gasteiger partial charge is 0.508 e. The molecule has 0 bridgehead atoms. The molecule has 0 aliphatic heterocycles. The lowest BCUT2D eigenvalue weighted by atomic mass is 10.1. The fraction of sp³-hybridized carbons (Fsp3) is 0.964. The molecule has 3 nitrogen and oxygen atoms in total. The fourth-order valence-electron chi connectivity index (χ4n) is 3.89. The van der Waals surface area contributed by atoms with Gasteiger partial charge in [-0.05, 0) is 12.8 Å². The number of hydrogen-bond acceptors (Lipinski definition) is 3. The van der Waals surface area contributed by atoms with E-state index in [4.69, 9.17) is 9.47 Å². The van der Waals surface area contributed by atoms with Crippen LogP contribution < -0.4 is 0 Å². The van der Waals surface area contributed by atoms with Crippen LogP contribution in [0, 0.1) is 0 Å². The minimum absolute atomic E-state index is 0. The molecule has 0 aliphatic rings. The number of ether oxygens (including phenoxy) is 2. The highest BCUT2D eigenvalue weighted by Crippen LogP contribution is 2.12. The van der Waals surface area contributed by atoms with E-state index in [1.54, 1.807) is 0 Å². The maximum atomic E-state index is 11.6. The summed E-state index contributed by atoms with van der Waals surface area (Å²) >= 11 is 0. The second-order valence-electron chi connectivity index (χ2n) is 9.02. The standard InChI is InChI=1S/C27H54O3.CH4/c1-3-5-7-9-11-13-15-17-19-21-23-25-29-27(28)30-26-24-22-20-18-16-14-12-10-8-6-4-2;/h3-26H2,1-2H3;1H4. The minimum atomic E-state index is -0.478. The number of hydrogen-bond donors (Lipinski definition) is 0. The predicted molar refractivity (Wildman–Crippen MR) is 137 cm³/mol. The molecule has 0 aromatic rings. The van der Waals surface area contributed by atoms with Gasteiger partial charge in [0.15, 0.2) is 0 Å². The molecule has 0 radical (unpaired) electrons. The Kier molecular flexibility index (Phi) is 30.6. The van der Waals surface area contributed by atoms with Crippen LogP contribution in [0.3, 0.4) is 0 Å². The van der Waals surface area contributed by atoms with Crippen molar-refractivity contribution in [2.24, 2.45) is 0 Å². The maximum absolute atomic E-state index is 11.6. The van der Waals surface area contributed by atoms with E-state index in [2.05, 4.69) is 13.8 Å². The molecule has 0 amide bonds. The third-order valence-corrected chi connectivity index (χ3v) is 5.94. The Morgan fingerprint density at radius 3 is 0.903 bits per heavy atom. The van der Waals surface area contributed by atoms with Gasteiger partial charge < -0.3 is 9.47 Å². The molecule has 0 aliphatic carbocycles. The summed E-state index contributed by atoms with van der Waals surface area (Å²) in [5, 5.41) is 0. The van der Waals surface area contributed by atoms with E-state index in [0.717, 1.165) is 25.7 Å². The van der Waals surface area contributed by atoms with Crippen LogP contribution in [0.1, 0.15) is 163 Å². The van der Waals surface area contributed by atoms with Gasteiger partial charge >= 0.3 is 6.16 Å². The Bertz CT molecular complexity index is 300. The molecule has 3 heteroatoms. The van der Waals surface area contributed by atoms with Gasteiger partial charge in [0.05, 0.1) is 13.2 Å². The molecule has 0 aromatic heterocycles. The Hall–Kier alpha value is -0.730. The zero-order chi connectivity index (χ0) is 22.0. The fourth-order valence-corrected chi connectivity index (χ4v) is 3.89. The van der Waals surface area contributed by atoms with Gasteiger partial charge in [-0.25, -0.2) is 4.79 Å².